The third-order valence-corrected chi connectivity index (χ3v) is 5.30. The van der Waals surface area contributed by atoms with Gasteiger partial charge in [-0.2, -0.15) is 0 Å². The van der Waals surface area contributed by atoms with Crippen LogP contribution >= 0.6 is 0 Å². The Labute approximate surface area is 236 Å². The van der Waals surface area contributed by atoms with Gasteiger partial charge in [-0.25, -0.2) is 0 Å². The van der Waals surface area contributed by atoms with E-state index in [0.29, 0.717) is 16.8 Å². The molecule has 0 heterocycles. The van der Waals surface area contributed by atoms with Gasteiger partial charge in [0.15, 0.2) is 0 Å². The Morgan fingerprint density at radius 2 is 1.66 bits per heavy atom. The van der Waals surface area contributed by atoms with Gasteiger partial charge in [-0.05, 0) is 73.1 Å². The summed E-state index contributed by atoms with van der Waals surface area (Å²) in [5.41, 5.74) is 11.5. The number of nitroso groups, excluding NO2 is 1. The number of aliphatic carboxylic acids is 1. The van der Waals surface area contributed by atoms with Gasteiger partial charge in [-0.1, -0.05) is 25.1 Å². The molecule has 0 saturated heterocycles. The van der Waals surface area contributed by atoms with Gasteiger partial charge in [-0.15, -0.1) is 4.91 Å². The highest BCUT2D eigenvalue weighted by molar-refractivity contribution is 5.98. The number of amides is 2. The molecule has 2 amide bonds. The standard InChI is InChI=1S/C25H26N6O5.C3H6O2/c1-14(2)36-21-12-9-16(13-19(21)31-35)22(28-17-10-7-15(8-11-17)23(26)27)25(34)30-29-24(33)18-5-3-4-6-20(18)32;1-2-3(4)5/h3-14,22,28,32H,1-2H3,(H3,26,27)(H,29,33)(H,30,34);2H2,1H3,(H,4,5). The van der Waals surface area contributed by atoms with Crippen molar-refractivity contribution in [3.8, 4) is 11.5 Å². The van der Waals surface area contributed by atoms with Crippen LogP contribution in [0.15, 0.2) is 71.9 Å². The zero-order chi connectivity index (χ0) is 30.5. The predicted molar refractivity (Wildman–Crippen MR) is 153 cm³/mol. The first-order valence-electron chi connectivity index (χ1n) is 12.4. The van der Waals surface area contributed by atoms with Gasteiger partial charge in [0.25, 0.3) is 11.8 Å². The van der Waals surface area contributed by atoms with Gasteiger partial charge in [0.2, 0.25) is 0 Å². The maximum absolute atomic E-state index is 13.2. The van der Waals surface area contributed by atoms with Crippen LogP contribution in [0.5, 0.6) is 11.5 Å². The van der Waals surface area contributed by atoms with E-state index in [1.165, 1.54) is 24.3 Å². The molecule has 0 spiro atoms. The number of para-hydroxylation sites is 1. The molecule has 0 bridgehead atoms. The summed E-state index contributed by atoms with van der Waals surface area (Å²) >= 11 is 0. The third kappa shape index (κ3) is 9.66. The number of carboxylic acids is 1. The lowest BCUT2D eigenvalue weighted by Gasteiger charge is -2.21. The molecule has 41 heavy (non-hydrogen) atoms. The number of hydrogen-bond donors (Lipinski definition) is 7. The summed E-state index contributed by atoms with van der Waals surface area (Å²) in [5.74, 6) is -2.21. The molecule has 13 heteroatoms. The number of carboxylic acid groups (broad SMARTS) is 1. The van der Waals surface area contributed by atoms with Crippen molar-refractivity contribution in [2.45, 2.75) is 39.3 Å². The SMILES string of the molecule is CC(C)Oc1ccc(C(Nc2ccc(C(=N)N)cc2)C(=O)NNC(=O)c2ccccc2O)cc1N=O.CCC(=O)O. The summed E-state index contributed by atoms with van der Waals surface area (Å²) in [6, 6.07) is 15.8. The van der Waals surface area contributed by atoms with Crippen molar-refractivity contribution >= 4 is 35.0 Å². The number of nitrogens with one attached hydrogen (secondary N) is 4. The fourth-order valence-electron chi connectivity index (χ4n) is 3.28. The van der Waals surface area contributed by atoms with Crippen LogP contribution in [-0.2, 0) is 9.59 Å². The van der Waals surface area contributed by atoms with Crippen LogP contribution in [0.25, 0.3) is 0 Å². The Hall–Kier alpha value is -5.46. The minimum atomic E-state index is -1.08. The second-order valence-corrected chi connectivity index (χ2v) is 8.76. The molecule has 3 rings (SSSR count). The lowest BCUT2D eigenvalue weighted by molar-refractivity contribution is -0.136. The summed E-state index contributed by atoms with van der Waals surface area (Å²) in [6.07, 6.45) is 0.0259. The number of carbonyl (C=O) groups excluding carboxylic acids is 2. The van der Waals surface area contributed by atoms with Gasteiger partial charge in [0.05, 0.1) is 11.7 Å². The number of ether oxygens (including phenoxy) is 1. The lowest BCUT2D eigenvalue weighted by atomic mass is 10.0. The number of nitrogen functional groups attached to an aromatic ring is 1. The van der Waals surface area contributed by atoms with Crippen molar-refractivity contribution in [1.29, 1.82) is 5.41 Å². The Morgan fingerprint density at radius 3 is 2.20 bits per heavy atom. The topological polar surface area (TPSA) is 216 Å². The maximum Gasteiger partial charge on any atom is 0.303 e. The highest BCUT2D eigenvalue weighted by Gasteiger charge is 2.24. The molecule has 1 unspecified atom stereocenters. The second-order valence-electron chi connectivity index (χ2n) is 8.76. The molecule has 3 aromatic carbocycles. The Morgan fingerprint density at radius 1 is 1.02 bits per heavy atom. The number of aromatic hydroxyl groups is 1. The minimum absolute atomic E-state index is 0.00553. The lowest BCUT2D eigenvalue weighted by Crippen LogP contribution is -2.45. The normalized spacial score (nSPS) is 10.8. The van der Waals surface area contributed by atoms with Crippen LogP contribution in [0.3, 0.4) is 0 Å². The van der Waals surface area contributed by atoms with Gasteiger partial charge in [0, 0.05) is 17.7 Å². The van der Waals surface area contributed by atoms with Crippen molar-refractivity contribution in [2.24, 2.45) is 10.9 Å². The average molecular weight is 565 g/mol. The molecular formula is C28H32N6O7. The number of phenolic OH excluding ortho intramolecular Hbond substituents is 1. The summed E-state index contributed by atoms with van der Waals surface area (Å²) in [5, 5.41) is 31.2. The molecule has 0 saturated carbocycles. The van der Waals surface area contributed by atoms with Gasteiger partial charge in [0.1, 0.15) is 29.1 Å². The van der Waals surface area contributed by atoms with Gasteiger partial charge in [-0.3, -0.25) is 30.6 Å². The van der Waals surface area contributed by atoms with Gasteiger partial charge >= 0.3 is 5.97 Å². The first-order chi connectivity index (χ1) is 19.5. The summed E-state index contributed by atoms with van der Waals surface area (Å²) in [4.78, 5) is 46.4. The molecule has 0 radical (unpaired) electrons. The van der Waals surface area contributed by atoms with Crippen molar-refractivity contribution in [3.63, 3.8) is 0 Å². The van der Waals surface area contributed by atoms with E-state index >= 15 is 0 Å². The first-order valence-corrected chi connectivity index (χ1v) is 12.4. The Balaban J connectivity index is 0.00000108. The maximum atomic E-state index is 13.2. The molecule has 216 valence electrons. The minimum Gasteiger partial charge on any atom is -0.507 e. The van der Waals surface area contributed by atoms with Crippen molar-refractivity contribution in [3.05, 3.63) is 88.3 Å². The number of benzene rings is 3. The van der Waals surface area contributed by atoms with Crippen molar-refractivity contribution in [2.75, 3.05) is 5.32 Å². The van der Waals surface area contributed by atoms with Crippen LogP contribution in [0, 0.1) is 10.3 Å². The van der Waals surface area contributed by atoms with E-state index in [0.717, 1.165) is 0 Å². The number of rotatable bonds is 10. The second kappa shape index (κ2) is 15.2. The number of carbonyl (C=O) groups is 3. The number of nitrogens with two attached hydrogens (primary N) is 1. The van der Waals surface area contributed by atoms with E-state index in [2.05, 4.69) is 21.3 Å². The molecule has 8 N–H and O–H groups in total. The fourth-order valence-corrected chi connectivity index (χ4v) is 3.28. The number of hydrogen-bond acceptors (Lipinski definition) is 9. The van der Waals surface area contributed by atoms with Crippen molar-refractivity contribution < 1.29 is 29.3 Å². The molecule has 0 aromatic heterocycles. The quantitative estimate of drug-likeness (QED) is 0.0819. The Kier molecular flexibility index (Phi) is 11.8. The van der Waals surface area contributed by atoms with E-state index < -0.39 is 23.8 Å². The van der Waals surface area contributed by atoms with E-state index in [9.17, 15) is 24.4 Å². The average Bonchev–Trinajstić information content (AvgIpc) is 2.95. The summed E-state index contributed by atoms with van der Waals surface area (Å²) in [7, 11) is 0. The number of phenols is 1. The number of nitrogens with zero attached hydrogens (tertiary/aromatic N) is 1. The smallest absolute Gasteiger partial charge is 0.303 e. The molecule has 1 atom stereocenters. The molecule has 0 aliphatic rings. The fraction of sp³-hybridized carbons (Fsp3) is 0.214. The largest absolute Gasteiger partial charge is 0.507 e. The summed E-state index contributed by atoms with van der Waals surface area (Å²) in [6.45, 7) is 5.21. The van der Waals surface area contributed by atoms with Crippen LogP contribution in [0.2, 0.25) is 0 Å². The van der Waals surface area contributed by atoms with E-state index in [4.69, 9.17) is 21.0 Å². The number of hydrazine groups is 1. The van der Waals surface area contributed by atoms with E-state index in [-0.39, 0.29) is 41.1 Å². The zero-order valence-corrected chi connectivity index (χ0v) is 22.7. The number of amidine groups is 1. The molecule has 0 aliphatic heterocycles. The third-order valence-electron chi connectivity index (χ3n) is 5.30. The highest BCUT2D eigenvalue weighted by Crippen LogP contribution is 2.32. The number of anilines is 1. The van der Waals surface area contributed by atoms with Crippen LogP contribution in [0.1, 0.15) is 54.7 Å². The van der Waals surface area contributed by atoms with Gasteiger partial charge < -0.3 is 26.0 Å². The van der Waals surface area contributed by atoms with Crippen molar-refractivity contribution in [1.82, 2.24) is 10.9 Å². The van der Waals surface area contributed by atoms with E-state index in [1.807, 2.05) is 0 Å². The zero-order valence-electron chi connectivity index (χ0n) is 22.7. The van der Waals surface area contributed by atoms with Crippen LogP contribution in [0.4, 0.5) is 11.4 Å². The molecule has 3 aromatic rings. The molecular weight excluding hydrogens is 532 g/mol. The molecule has 13 nitrogen and oxygen atoms in total. The Bertz CT molecular complexity index is 1390. The first kappa shape index (κ1) is 31.8. The monoisotopic (exact) mass is 564 g/mol. The highest BCUT2D eigenvalue weighted by atomic mass is 16.5. The molecule has 0 aliphatic carbocycles. The predicted octanol–water partition coefficient (Wildman–Crippen LogP) is 3.96. The van der Waals surface area contributed by atoms with Crippen LogP contribution in [-0.4, -0.2) is 39.9 Å². The summed E-state index contributed by atoms with van der Waals surface area (Å²) < 4.78 is 5.60. The molecule has 0 fully saturated rings. The van der Waals surface area contributed by atoms with E-state index in [1.54, 1.807) is 63.2 Å². The van der Waals surface area contributed by atoms with Crippen LogP contribution < -0.4 is 26.6 Å².